The number of hydrogen-bond acceptors (Lipinski definition) is 3. The van der Waals surface area contributed by atoms with Crippen LogP contribution in [0.25, 0.3) is 0 Å². The van der Waals surface area contributed by atoms with Crippen molar-refractivity contribution < 1.29 is 14.7 Å². The van der Waals surface area contributed by atoms with Crippen LogP contribution in [0.5, 0.6) is 0 Å². The molecule has 0 aliphatic rings. The monoisotopic (exact) mass is 315 g/mol. The summed E-state index contributed by atoms with van der Waals surface area (Å²) in [5.74, 6) is -0.614. The highest BCUT2D eigenvalue weighted by Gasteiger charge is 2.11. The average molecular weight is 316 g/mol. The molecule has 0 radical (unpaired) electrons. The number of halogens is 1. The number of carboxylic acid groups (broad SMARTS) is 1. The zero-order valence-corrected chi connectivity index (χ0v) is 12.8. The zero-order chi connectivity index (χ0) is 15.0. The van der Waals surface area contributed by atoms with Crippen molar-refractivity contribution in [1.29, 1.82) is 0 Å². The van der Waals surface area contributed by atoms with E-state index in [1.54, 1.807) is 6.92 Å². The Kier molecular flexibility index (Phi) is 7.47. The Labute approximate surface area is 127 Å². The van der Waals surface area contributed by atoms with Gasteiger partial charge in [0.2, 0.25) is 5.91 Å². The summed E-state index contributed by atoms with van der Waals surface area (Å²) in [6.07, 6.45) is 0.725. The van der Waals surface area contributed by atoms with Gasteiger partial charge in [-0.1, -0.05) is 30.7 Å². The molecule has 1 atom stereocenters. The quantitative estimate of drug-likeness (QED) is 0.773. The minimum absolute atomic E-state index is 0.0744. The van der Waals surface area contributed by atoms with Crippen molar-refractivity contribution in [2.24, 2.45) is 5.92 Å². The molecular weight excluding hydrogens is 298 g/mol. The Morgan fingerprint density at radius 1 is 1.45 bits per heavy atom. The Hall–Kier alpha value is -1.20. The van der Waals surface area contributed by atoms with Gasteiger partial charge >= 0.3 is 5.97 Å². The highest BCUT2D eigenvalue weighted by atomic mass is 35.5. The first kappa shape index (κ1) is 16.9. The number of benzene rings is 1. The van der Waals surface area contributed by atoms with E-state index < -0.39 is 11.9 Å². The topological polar surface area (TPSA) is 66.4 Å². The van der Waals surface area contributed by atoms with Gasteiger partial charge in [-0.3, -0.25) is 9.59 Å². The molecule has 0 spiro atoms. The number of nitrogens with one attached hydrogen (secondary N) is 1. The summed E-state index contributed by atoms with van der Waals surface area (Å²) in [6, 6.07) is 7.52. The van der Waals surface area contributed by atoms with Gasteiger partial charge in [-0.15, -0.1) is 0 Å². The molecule has 0 saturated carbocycles. The van der Waals surface area contributed by atoms with Gasteiger partial charge in [0, 0.05) is 17.3 Å². The van der Waals surface area contributed by atoms with Gasteiger partial charge in [-0.05, 0) is 24.1 Å². The number of amides is 1. The van der Waals surface area contributed by atoms with E-state index in [0.29, 0.717) is 17.3 Å². The fourth-order valence-corrected chi connectivity index (χ4v) is 2.60. The fraction of sp³-hybridized carbons (Fsp3) is 0.429. The number of rotatable bonds is 8. The van der Waals surface area contributed by atoms with E-state index in [2.05, 4.69) is 5.32 Å². The summed E-state index contributed by atoms with van der Waals surface area (Å²) in [5, 5.41) is 12.2. The van der Waals surface area contributed by atoms with Crippen LogP contribution in [0.4, 0.5) is 0 Å². The predicted molar refractivity (Wildman–Crippen MR) is 82.3 cm³/mol. The molecule has 0 fully saturated rings. The molecule has 1 aromatic rings. The van der Waals surface area contributed by atoms with Gasteiger partial charge in [-0.25, -0.2) is 0 Å². The Morgan fingerprint density at radius 2 is 2.20 bits per heavy atom. The summed E-state index contributed by atoms with van der Waals surface area (Å²) in [4.78, 5) is 22.2. The van der Waals surface area contributed by atoms with Crippen molar-refractivity contribution in [2.45, 2.75) is 13.3 Å². The number of carbonyl (C=O) groups excluding carboxylic acids is 1. The van der Waals surface area contributed by atoms with Crippen molar-refractivity contribution in [3.05, 3.63) is 34.9 Å². The van der Waals surface area contributed by atoms with E-state index in [-0.39, 0.29) is 11.7 Å². The van der Waals surface area contributed by atoms with Crippen LogP contribution in [0.15, 0.2) is 24.3 Å². The number of thioether (sulfide) groups is 1. The van der Waals surface area contributed by atoms with E-state index in [4.69, 9.17) is 16.7 Å². The third kappa shape index (κ3) is 6.82. The molecule has 110 valence electrons. The van der Waals surface area contributed by atoms with Crippen LogP contribution in [-0.2, 0) is 16.0 Å². The summed E-state index contributed by atoms with van der Waals surface area (Å²) in [5.41, 5.74) is 1.07. The maximum Gasteiger partial charge on any atom is 0.307 e. The van der Waals surface area contributed by atoms with E-state index >= 15 is 0 Å². The van der Waals surface area contributed by atoms with Crippen molar-refractivity contribution in [3.8, 4) is 0 Å². The van der Waals surface area contributed by atoms with Gasteiger partial charge < -0.3 is 10.4 Å². The van der Waals surface area contributed by atoms with Crippen LogP contribution in [0.2, 0.25) is 5.02 Å². The van der Waals surface area contributed by atoms with E-state index in [1.807, 2.05) is 24.3 Å². The van der Waals surface area contributed by atoms with Gasteiger partial charge in [0.05, 0.1) is 11.7 Å². The molecule has 1 aromatic carbocycles. The van der Waals surface area contributed by atoms with Gasteiger partial charge in [0.15, 0.2) is 0 Å². The molecule has 1 unspecified atom stereocenters. The van der Waals surface area contributed by atoms with Gasteiger partial charge in [0.1, 0.15) is 0 Å². The zero-order valence-electron chi connectivity index (χ0n) is 11.3. The largest absolute Gasteiger partial charge is 0.481 e. The number of aliphatic carboxylic acids is 1. The molecule has 0 saturated heterocycles. The first-order chi connectivity index (χ1) is 9.49. The summed E-state index contributed by atoms with van der Waals surface area (Å²) in [6.45, 7) is 2.18. The molecule has 0 aromatic heterocycles. The van der Waals surface area contributed by atoms with Crippen LogP contribution >= 0.6 is 23.4 Å². The second-order valence-corrected chi connectivity index (χ2v) is 5.95. The minimum Gasteiger partial charge on any atom is -0.481 e. The van der Waals surface area contributed by atoms with Crippen LogP contribution in [0, 0.1) is 5.92 Å². The highest BCUT2D eigenvalue weighted by Crippen LogP contribution is 2.11. The van der Waals surface area contributed by atoms with Crippen molar-refractivity contribution >= 4 is 35.2 Å². The van der Waals surface area contributed by atoms with E-state index in [0.717, 1.165) is 12.0 Å². The fourth-order valence-electron chi connectivity index (χ4n) is 1.49. The van der Waals surface area contributed by atoms with Crippen LogP contribution < -0.4 is 5.32 Å². The van der Waals surface area contributed by atoms with Crippen LogP contribution in [0.3, 0.4) is 0 Å². The molecule has 0 bridgehead atoms. The Morgan fingerprint density at radius 3 is 2.85 bits per heavy atom. The number of hydrogen-bond donors (Lipinski definition) is 2. The third-order valence-corrected chi connectivity index (χ3v) is 4.08. The molecule has 20 heavy (non-hydrogen) atoms. The Balaban J connectivity index is 2.16. The van der Waals surface area contributed by atoms with Crippen molar-refractivity contribution in [1.82, 2.24) is 5.32 Å². The lowest BCUT2D eigenvalue weighted by Gasteiger charge is -2.07. The SMILES string of the molecule is CC(CSCC(=O)NCCc1cccc(Cl)c1)C(=O)O. The first-order valence-corrected chi connectivity index (χ1v) is 7.84. The summed E-state index contributed by atoms with van der Waals surface area (Å²) < 4.78 is 0. The lowest BCUT2D eigenvalue weighted by Crippen LogP contribution is -2.27. The van der Waals surface area contributed by atoms with Gasteiger partial charge in [0.25, 0.3) is 0 Å². The molecule has 0 aliphatic heterocycles. The minimum atomic E-state index is -0.834. The maximum absolute atomic E-state index is 11.5. The maximum atomic E-state index is 11.5. The normalized spacial score (nSPS) is 11.9. The van der Waals surface area contributed by atoms with E-state index in [1.165, 1.54) is 11.8 Å². The van der Waals surface area contributed by atoms with Crippen LogP contribution in [0.1, 0.15) is 12.5 Å². The van der Waals surface area contributed by atoms with Gasteiger partial charge in [-0.2, -0.15) is 11.8 Å². The molecule has 1 rings (SSSR count). The second-order valence-electron chi connectivity index (χ2n) is 4.48. The molecule has 0 aliphatic carbocycles. The highest BCUT2D eigenvalue weighted by molar-refractivity contribution is 7.99. The summed E-state index contributed by atoms with van der Waals surface area (Å²) >= 11 is 7.20. The summed E-state index contributed by atoms with van der Waals surface area (Å²) in [7, 11) is 0. The molecular formula is C14H18ClNO3S. The lowest BCUT2D eigenvalue weighted by atomic mass is 10.1. The van der Waals surface area contributed by atoms with E-state index in [9.17, 15) is 9.59 Å². The lowest BCUT2D eigenvalue weighted by molar-refractivity contribution is -0.140. The predicted octanol–water partition coefficient (Wildman–Crippen LogP) is 2.45. The standard InChI is InChI=1S/C14H18ClNO3S/c1-10(14(18)19)8-20-9-13(17)16-6-5-11-3-2-4-12(15)7-11/h2-4,7,10H,5-6,8-9H2,1H3,(H,16,17)(H,18,19). The molecule has 2 N–H and O–H groups in total. The average Bonchev–Trinajstić information content (AvgIpc) is 2.38. The van der Waals surface area contributed by atoms with Crippen molar-refractivity contribution in [2.75, 3.05) is 18.1 Å². The first-order valence-electron chi connectivity index (χ1n) is 6.30. The van der Waals surface area contributed by atoms with Crippen LogP contribution in [-0.4, -0.2) is 35.0 Å². The number of carbonyl (C=O) groups is 2. The molecule has 6 heteroatoms. The van der Waals surface area contributed by atoms with Crippen molar-refractivity contribution in [3.63, 3.8) is 0 Å². The Bertz CT molecular complexity index is 467. The molecule has 1 amide bonds. The third-order valence-electron chi connectivity index (χ3n) is 2.65. The molecule has 4 nitrogen and oxygen atoms in total. The molecule has 0 heterocycles. The number of carboxylic acids is 1. The smallest absolute Gasteiger partial charge is 0.307 e. The second kappa shape index (κ2) is 8.87.